The molecule has 6 heteroatoms. The smallest absolute Gasteiger partial charge is 0.204 e. The summed E-state index contributed by atoms with van der Waals surface area (Å²) in [6, 6.07) is 8.18. The van der Waals surface area contributed by atoms with Gasteiger partial charge in [-0.2, -0.15) is 4.80 Å². The summed E-state index contributed by atoms with van der Waals surface area (Å²) in [4.78, 5) is 1.46. The molecule has 6 nitrogen and oxygen atoms in total. The minimum Gasteiger partial charge on any atom is -0.493 e. The highest BCUT2D eigenvalue weighted by molar-refractivity contribution is 5.60. The molecule has 0 aliphatic heterocycles. The Morgan fingerprint density at radius 3 is 2.44 bits per heavy atom. The molecule has 0 N–H and O–H groups in total. The first-order chi connectivity index (χ1) is 12.1. The van der Waals surface area contributed by atoms with Crippen LogP contribution in [0.5, 0.6) is 5.75 Å². The van der Waals surface area contributed by atoms with E-state index in [0.717, 1.165) is 53.2 Å². The molecule has 0 atom stereocenters. The second-order valence-corrected chi connectivity index (χ2v) is 6.22. The zero-order valence-corrected chi connectivity index (χ0v) is 15.2. The molecular formula is C19H24N4O2. The summed E-state index contributed by atoms with van der Waals surface area (Å²) in [5.74, 6) is 3.62. The summed E-state index contributed by atoms with van der Waals surface area (Å²) in [6.45, 7) is 6.84. The molecule has 0 aliphatic carbocycles. The fraction of sp³-hybridized carbons (Fsp3) is 0.421. The Morgan fingerprint density at radius 2 is 1.84 bits per heavy atom. The topological polar surface area (TPSA) is 66.0 Å². The normalized spacial score (nSPS) is 11.0. The van der Waals surface area contributed by atoms with Gasteiger partial charge in [0.2, 0.25) is 5.82 Å². The minimum absolute atomic E-state index is 0.629. The number of nitrogens with zero attached hydrogens (tertiary/aromatic N) is 4. The van der Waals surface area contributed by atoms with E-state index in [0.29, 0.717) is 12.4 Å². The van der Waals surface area contributed by atoms with Crippen molar-refractivity contribution in [2.45, 2.75) is 40.0 Å². The number of benzene rings is 1. The SMILES string of the molecule is CCc1ccc(CCCOc2c(C)cc(-c3nnn(C)n3)cc2C)o1. The molecular weight excluding hydrogens is 316 g/mol. The molecule has 2 heterocycles. The van der Waals surface area contributed by atoms with Gasteiger partial charge in [-0.05, 0) is 60.9 Å². The van der Waals surface area contributed by atoms with E-state index in [4.69, 9.17) is 9.15 Å². The Morgan fingerprint density at radius 1 is 1.12 bits per heavy atom. The number of ether oxygens (including phenoxy) is 1. The zero-order valence-electron chi connectivity index (χ0n) is 15.2. The van der Waals surface area contributed by atoms with Crippen LogP contribution in [0.3, 0.4) is 0 Å². The van der Waals surface area contributed by atoms with Crippen LogP contribution in [-0.4, -0.2) is 26.8 Å². The molecule has 0 fully saturated rings. The highest BCUT2D eigenvalue weighted by atomic mass is 16.5. The highest BCUT2D eigenvalue weighted by Crippen LogP contribution is 2.28. The van der Waals surface area contributed by atoms with Crippen molar-refractivity contribution in [3.05, 3.63) is 46.9 Å². The van der Waals surface area contributed by atoms with Crippen molar-refractivity contribution in [2.24, 2.45) is 7.05 Å². The number of hydrogen-bond donors (Lipinski definition) is 0. The fourth-order valence-electron chi connectivity index (χ4n) is 2.87. The van der Waals surface area contributed by atoms with Crippen LogP contribution in [-0.2, 0) is 19.9 Å². The molecule has 0 aliphatic rings. The second-order valence-electron chi connectivity index (χ2n) is 6.22. The van der Waals surface area contributed by atoms with E-state index < -0.39 is 0 Å². The average Bonchev–Trinajstić information content (AvgIpc) is 3.22. The lowest BCUT2D eigenvalue weighted by atomic mass is 10.1. The van der Waals surface area contributed by atoms with Crippen LogP contribution in [0.1, 0.15) is 36.0 Å². The molecule has 0 radical (unpaired) electrons. The van der Waals surface area contributed by atoms with Gasteiger partial charge in [-0.1, -0.05) is 6.92 Å². The van der Waals surface area contributed by atoms with Crippen LogP contribution >= 0.6 is 0 Å². The van der Waals surface area contributed by atoms with Gasteiger partial charge in [0, 0.05) is 18.4 Å². The Kier molecular flexibility index (Phi) is 5.16. The van der Waals surface area contributed by atoms with Gasteiger partial charge >= 0.3 is 0 Å². The molecule has 0 unspecified atom stereocenters. The molecule has 3 rings (SSSR count). The summed E-state index contributed by atoms with van der Waals surface area (Å²) in [6.07, 6.45) is 2.74. The van der Waals surface area contributed by atoms with Crippen LogP contribution in [0.2, 0.25) is 0 Å². The van der Waals surface area contributed by atoms with E-state index in [1.165, 1.54) is 4.80 Å². The predicted molar refractivity (Wildman–Crippen MR) is 95.6 cm³/mol. The molecule has 132 valence electrons. The fourth-order valence-corrected chi connectivity index (χ4v) is 2.87. The van der Waals surface area contributed by atoms with Crippen LogP contribution < -0.4 is 4.74 Å². The summed E-state index contributed by atoms with van der Waals surface area (Å²) in [7, 11) is 1.76. The molecule has 0 bridgehead atoms. The lowest BCUT2D eigenvalue weighted by molar-refractivity contribution is 0.301. The third-order valence-corrected chi connectivity index (χ3v) is 4.11. The molecule has 0 amide bonds. The van der Waals surface area contributed by atoms with Crippen molar-refractivity contribution >= 4 is 0 Å². The molecule has 2 aromatic heterocycles. The first kappa shape index (κ1) is 17.2. The Balaban J connectivity index is 1.60. The van der Waals surface area contributed by atoms with Crippen LogP contribution in [0.4, 0.5) is 0 Å². The third-order valence-electron chi connectivity index (χ3n) is 4.11. The number of rotatable bonds is 7. The van der Waals surface area contributed by atoms with E-state index in [1.54, 1.807) is 7.05 Å². The van der Waals surface area contributed by atoms with E-state index in [-0.39, 0.29) is 0 Å². The maximum absolute atomic E-state index is 6.02. The van der Waals surface area contributed by atoms with Gasteiger partial charge in [-0.3, -0.25) is 0 Å². The average molecular weight is 340 g/mol. The lowest BCUT2D eigenvalue weighted by Crippen LogP contribution is -2.02. The van der Waals surface area contributed by atoms with Crippen molar-refractivity contribution in [3.8, 4) is 17.1 Å². The van der Waals surface area contributed by atoms with E-state index >= 15 is 0 Å². The molecule has 3 aromatic rings. The quantitative estimate of drug-likeness (QED) is 0.614. The number of tetrazole rings is 1. The van der Waals surface area contributed by atoms with E-state index in [2.05, 4.69) is 28.4 Å². The van der Waals surface area contributed by atoms with Crippen molar-refractivity contribution in [1.82, 2.24) is 20.2 Å². The van der Waals surface area contributed by atoms with E-state index in [9.17, 15) is 0 Å². The highest BCUT2D eigenvalue weighted by Gasteiger charge is 2.11. The van der Waals surface area contributed by atoms with Gasteiger partial charge in [0.15, 0.2) is 0 Å². The molecule has 1 aromatic carbocycles. The van der Waals surface area contributed by atoms with Gasteiger partial charge in [0.25, 0.3) is 0 Å². The largest absolute Gasteiger partial charge is 0.493 e. The van der Waals surface area contributed by atoms with Crippen LogP contribution in [0.15, 0.2) is 28.7 Å². The van der Waals surface area contributed by atoms with Gasteiger partial charge in [0.1, 0.15) is 17.3 Å². The van der Waals surface area contributed by atoms with Crippen molar-refractivity contribution in [1.29, 1.82) is 0 Å². The first-order valence-electron chi connectivity index (χ1n) is 8.63. The van der Waals surface area contributed by atoms with E-state index in [1.807, 2.05) is 32.0 Å². The summed E-state index contributed by atoms with van der Waals surface area (Å²) < 4.78 is 11.7. The monoisotopic (exact) mass is 340 g/mol. The Bertz CT molecular complexity index is 828. The van der Waals surface area contributed by atoms with Crippen molar-refractivity contribution in [3.63, 3.8) is 0 Å². The maximum Gasteiger partial charge on any atom is 0.204 e. The van der Waals surface area contributed by atoms with Gasteiger partial charge in [0.05, 0.1) is 13.7 Å². The molecule has 0 saturated carbocycles. The zero-order chi connectivity index (χ0) is 17.8. The maximum atomic E-state index is 6.02. The number of aromatic nitrogens is 4. The Hall–Kier alpha value is -2.63. The minimum atomic E-state index is 0.629. The predicted octanol–water partition coefficient (Wildman–Crippen LogP) is 3.66. The van der Waals surface area contributed by atoms with Gasteiger partial charge < -0.3 is 9.15 Å². The third kappa shape index (κ3) is 4.07. The first-order valence-corrected chi connectivity index (χ1v) is 8.63. The second kappa shape index (κ2) is 7.51. The molecule has 25 heavy (non-hydrogen) atoms. The van der Waals surface area contributed by atoms with Crippen molar-refractivity contribution in [2.75, 3.05) is 6.61 Å². The Labute approximate surface area is 147 Å². The summed E-state index contributed by atoms with van der Waals surface area (Å²) in [5.41, 5.74) is 3.11. The number of furan rings is 1. The standard InChI is InChI=1S/C19H24N4O2/c1-5-16-8-9-17(25-16)7-6-10-24-18-13(2)11-15(12-14(18)3)19-20-22-23(4)21-19/h8-9,11-12H,5-7,10H2,1-4H3. The number of aryl methyl sites for hydroxylation is 5. The van der Waals surface area contributed by atoms with Gasteiger partial charge in [-0.15, -0.1) is 10.2 Å². The van der Waals surface area contributed by atoms with Crippen molar-refractivity contribution < 1.29 is 9.15 Å². The van der Waals surface area contributed by atoms with Crippen LogP contribution in [0, 0.1) is 13.8 Å². The van der Waals surface area contributed by atoms with Gasteiger partial charge in [-0.25, -0.2) is 0 Å². The molecule has 0 spiro atoms. The lowest BCUT2D eigenvalue weighted by Gasteiger charge is -2.13. The summed E-state index contributed by atoms with van der Waals surface area (Å²) in [5, 5.41) is 12.2. The van der Waals surface area contributed by atoms with Crippen LogP contribution in [0.25, 0.3) is 11.4 Å². The summed E-state index contributed by atoms with van der Waals surface area (Å²) >= 11 is 0. The molecule has 0 saturated heterocycles. The number of hydrogen-bond acceptors (Lipinski definition) is 5.